The number of aryl methyl sites for hydroxylation is 1. The molecule has 2 N–H and O–H groups in total. The van der Waals surface area contributed by atoms with Crippen LogP contribution in [0.3, 0.4) is 0 Å². The van der Waals surface area contributed by atoms with Crippen LogP contribution in [-0.4, -0.2) is 54.0 Å². The second kappa shape index (κ2) is 8.78. The zero-order valence-corrected chi connectivity index (χ0v) is 17.6. The van der Waals surface area contributed by atoms with Crippen LogP contribution in [0.1, 0.15) is 38.4 Å². The Morgan fingerprint density at radius 3 is 2.48 bits per heavy atom. The summed E-state index contributed by atoms with van der Waals surface area (Å²) in [5.74, 6) is 0.648. The van der Waals surface area contributed by atoms with Gasteiger partial charge in [0.2, 0.25) is 5.95 Å². The molecule has 2 fully saturated rings. The molecule has 4 atom stereocenters. The molecule has 3 heterocycles. The van der Waals surface area contributed by atoms with Crippen LogP contribution in [0.4, 0.5) is 5.95 Å². The quantitative estimate of drug-likeness (QED) is 0.702. The van der Waals surface area contributed by atoms with Gasteiger partial charge in [0, 0.05) is 11.6 Å². The molecular weight excluding hydrogens is 364 g/mol. The molecule has 4 unspecified atom stereocenters. The lowest BCUT2D eigenvalue weighted by Crippen LogP contribution is -2.42. The molecule has 29 heavy (non-hydrogen) atoms. The summed E-state index contributed by atoms with van der Waals surface area (Å²) < 4.78 is 12.2. The molecule has 0 amide bonds. The van der Waals surface area contributed by atoms with Crippen molar-refractivity contribution in [2.75, 3.05) is 25.1 Å². The summed E-state index contributed by atoms with van der Waals surface area (Å²) >= 11 is 0. The third-order valence-corrected chi connectivity index (χ3v) is 5.68. The van der Waals surface area contributed by atoms with E-state index in [1.807, 2.05) is 12.3 Å². The van der Waals surface area contributed by atoms with Crippen LogP contribution in [0.25, 0.3) is 0 Å². The van der Waals surface area contributed by atoms with E-state index in [1.165, 1.54) is 5.56 Å². The number of ether oxygens (including phenoxy) is 2. The molecule has 0 spiro atoms. The molecule has 2 aromatic rings. The second-order valence-electron chi connectivity index (χ2n) is 9.01. The van der Waals surface area contributed by atoms with Crippen LogP contribution >= 0.6 is 0 Å². The number of nitrogens with one attached hydrogen (secondary N) is 2. The molecular formula is C23H32N4O2. The van der Waals surface area contributed by atoms with Crippen LogP contribution < -0.4 is 10.6 Å². The Labute approximate surface area is 173 Å². The molecule has 156 valence electrons. The summed E-state index contributed by atoms with van der Waals surface area (Å²) in [6.07, 6.45) is 4.11. The number of hydrogen-bond donors (Lipinski definition) is 2. The standard InChI is InChI=1S/C23H32N4O2/c1-23(2,3)19-11-13-25-22(27-19)26-18-15-29-20-17(14-28-21(18)20)24-12-7-10-16-8-5-4-6-9-16/h4-6,8-9,11,13,17-18,20-21,24H,7,10,12,14-15H2,1-3H3,(H,25,26,27). The van der Waals surface area contributed by atoms with Gasteiger partial charge in [0.05, 0.1) is 31.0 Å². The summed E-state index contributed by atoms with van der Waals surface area (Å²) in [5.41, 5.74) is 2.40. The largest absolute Gasteiger partial charge is 0.371 e. The summed E-state index contributed by atoms with van der Waals surface area (Å²) in [4.78, 5) is 9.07. The minimum Gasteiger partial charge on any atom is -0.371 e. The SMILES string of the molecule is CC(C)(C)c1ccnc(NC2COC3C(NCCCc4ccccc4)COC23)n1. The van der Waals surface area contributed by atoms with Gasteiger partial charge < -0.3 is 20.1 Å². The molecule has 2 aliphatic heterocycles. The van der Waals surface area contributed by atoms with Crippen molar-refractivity contribution in [3.63, 3.8) is 0 Å². The van der Waals surface area contributed by atoms with Crippen molar-refractivity contribution < 1.29 is 9.47 Å². The summed E-state index contributed by atoms with van der Waals surface area (Å²) in [6.45, 7) is 8.72. The Morgan fingerprint density at radius 1 is 1.00 bits per heavy atom. The van der Waals surface area contributed by atoms with Crippen LogP contribution in [0.2, 0.25) is 0 Å². The molecule has 1 aromatic carbocycles. The lowest BCUT2D eigenvalue weighted by Gasteiger charge is -2.21. The van der Waals surface area contributed by atoms with E-state index in [2.05, 4.69) is 71.7 Å². The highest BCUT2D eigenvalue weighted by atomic mass is 16.6. The van der Waals surface area contributed by atoms with E-state index in [4.69, 9.17) is 9.47 Å². The highest BCUT2D eigenvalue weighted by Gasteiger charge is 2.47. The molecule has 2 aliphatic rings. The lowest BCUT2D eigenvalue weighted by molar-refractivity contribution is 0.0676. The third kappa shape index (κ3) is 4.94. The van der Waals surface area contributed by atoms with E-state index in [0.717, 1.165) is 25.1 Å². The average molecular weight is 397 g/mol. The number of benzene rings is 1. The van der Waals surface area contributed by atoms with Gasteiger partial charge in [0.15, 0.2) is 0 Å². The number of aromatic nitrogens is 2. The van der Waals surface area contributed by atoms with Crippen LogP contribution in [0.5, 0.6) is 0 Å². The fourth-order valence-corrected chi connectivity index (χ4v) is 4.03. The Balaban J connectivity index is 1.27. The first-order valence-electron chi connectivity index (χ1n) is 10.6. The maximum Gasteiger partial charge on any atom is 0.223 e. The highest BCUT2D eigenvalue weighted by Crippen LogP contribution is 2.29. The van der Waals surface area contributed by atoms with Crippen molar-refractivity contribution in [3.05, 3.63) is 53.9 Å². The summed E-state index contributed by atoms with van der Waals surface area (Å²) in [6, 6.07) is 12.9. The zero-order valence-electron chi connectivity index (χ0n) is 17.6. The Morgan fingerprint density at radius 2 is 1.72 bits per heavy atom. The van der Waals surface area contributed by atoms with Gasteiger partial charge in [-0.1, -0.05) is 51.1 Å². The third-order valence-electron chi connectivity index (χ3n) is 5.68. The molecule has 6 heteroatoms. The van der Waals surface area contributed by atoms with Gasteiger partial charge in [0.25, 0.3) is 0 Å². The Kier molecular flexibility index (Phi) is 6.13. The van der Waals surface area contributed by atoms with E-state index in [-0.39, 0.29) is 29.7 Å². The van der Waals surface area contributed by atoms with Gasteiger partial charge in [-0.15, -0.1) is 0 Å². The minimum absolute atomic E-state index is 0.00724. The molecule has 6 nitrogen and oxygen atoms in total. The van der Waals surface area contributed by atoms with Crippen LogP contribution in [-0.2, 0) is 21.3 Å². The van der Waals surface area contributed by atoms with Gasteiger partial charge in [-0.3, -0.25) is 0 Å². The predicted octanol–water partition coefficient (Wildman–Crippen LogP) is 2.94. The molecule has 2 saturated heterocycles. The number of rotatable bonds is 7. The van der Waals surface area contributed by atoms with Crippen molar-refractivity contribution >= 4 is 5.95 Å². The van der Waals surface area contributed by atoms with E-state index in [9.17, 15) is 0 Å². The molecule has 1 aromatic heterocycles. The topological polar surface area (TPSA) is 68.3 Å². The molecule has 0 saturated carbocycles. The van der Waals surface area contributed by atoms with Crippen LogP contribution in [0.15, 0.2) is 42.6 Å². The predicted molar refractivity (Wildman–Crippen MR) is 114 cm³/mol. The maximum absolute atomic E-state index is 6.08. The van der Waals surface area contributed by atoms with E-state index >= 15 is 0 Å². The van der Waals surface area contributed by atoms with E-state index in [0.29, 0.717) is 19.2 Å². The fourth-order valence-electron chi connectivity index (χ4n) is 4.03. The first-order valence-corrected chi connectivity index (χ1v) is 10.6. The maximum atomic E-state index is 6.08. The normalized spacial score (nSPS) is 26.4. The van der Waals surface area contributed by atoms with Crippen molar-refractivity contribution in [1.82, 2.24) is 15.3 Å². The molecule has 0 radical (unpaired) electrons. The number of anilines is 1. The first-order chi connectivity index (χ1) is 14.0. The fraction of sp³-hybridized carbons (Fsp3) is 0.565. The highest BCUT2D eigenvalue weighted by molar-refractivity contribution is 5.30. The first kappa shape index (κ1) is 20.3. The average Bonchev–Trinajstić information content (AvgIpc) is 3.29. The van der Waals surface area contributed by atoms with E-state index < -0.39 is 0 Å². The Bertz CT molecular complexity index is 793. The van der Waals surface area contributed by atoms with Gasteiger partial charge >= 0.3 is 0 Å². The molecule has 4 rings (SSSR count). The second-order valence-corrected chi connectivity index (χ2v) is 9.01. The number of hydrogen-bond acceptors (Lipinski definition) is 6. The van der Waals surface area contributed by atoms with Crippen molar-refractivity contribution in [3.8, 4) is 0 Å². The van der Waals surface area contributed by atoms with Gasteiger partial charge in [-0.05, 0) is 31.0 Å². The monoisotopic (exact) mass is 396 g/mol. The number of nitrogens with zero attached hydrogens (tertiary/aromatic N) is 2. The smallest absolute Gasteiger partial charge is 0.223 e. The molecule has 0 aliphatic carbocycles. The molecule has 0 bridgehead atoms. The van der Waals surface area contributed by atoms with Gasteiger partial charge in [-0.25, -0.2) is 9.97 Å². The van der Waals surface area contributed by atoms with Crippen LogP contribution in [0, 0.1) is 0 Å². The number of fused-ring (bicyclic) bond motifs is 1. The minimum atomic E-state index is -0.00724. The van der Waals surface area contributed by atoms with Gasteiger partial charge in [0.1, 0.15) is 12.2 Å². The summed E-state index contributed by atoms with van der Waals surface area (Å²) in [5, 5.41) is 7.06. The zero-order chi connectivity index (χ0) is 20.3. The lowest BCUT2D eigenvalue weighted by atomic mass is 9.92. The van der Waals surface area contributed by atoms with Crippen molar-refractivity contribution in [1.29, 1.82) is 0 Å². The summed E-state index contributed by atoms with van der Waals surface area (Å²) in [7, 11) is 0. The Hall–Kier alpha value is -2.02. The van der Waals surface area contributed by atoms with Gasteiger partial charge in [-0.2, -0.15) is 0 Å². The van der Waals surface area contributed by atoms with E-state index in [1.54, 1.807) is 0 Å². The van der Waals surface area contributed by atoms with Crippen molar-refractivity contribution in [2.45, 2.75) is 63.3 Å². The van der Waals surface area contributed by atoms with Crippen molar-refractivity contribution in [2.24, 2.45) is 0 Å².